The largest absolute Gasteiger partial charge is 0.322 e. The van der Waals surface area contributed by atoms with Crippen LogP contribution in [0.25, 0.3) is 11.0 Å². The molecule has 5 rings (SSSR count). The molecule has 2 aliphatic carbocycles. The summed E-state index contributed by atoms with van der Waals surface area (Å²) in [6, 6.07) is 10.5. The molecule has 2 unspecified atom stereocenters. The summed E-state index contributed by atoms with van der Waals surface area (Å²) in [5, 5.41) is 3.71. The summed E-state index contributed by atoms with van der Waals surface area (Å²) in [4.78, 5) is 22.6. The highest BCUT2D eigenvalue weighted by Gasteiger charge is 2.61. The van der Waals surface area contributed by atoms with E-state index in [0.29, 0.717) is 27.2 Å². The Labute approximate surface area is 179 Å². The van der Waals surface area contributed by atoms with E-state index in [-0.39, 0.29) is 16.7 Å². The Morgan fingerprint density at radius 3 is 2.62 bits per heavy atom. The van der Waals surface area contributed by atoms with E-state index in [1.165, 1.54) is 0 Å². The highest BCUT2D eigenvalue weighted by Crippen LogP contribution is 2.66. The molecule has 1 aromatic heterocycles. The van der Waals surface area contributed by atoms with Crippen LogP contribution in [0, 0.1) is 5.41 Å². The topological polar surface area (TPSA) is 54.9 Å². The maximum atomic E-state index is 12.6. The molecule has 148 valence electrons. The van der Waals surface area contributed by atoms with Crippen LogP contribution in [0.15, 0.2) is 36.4 Å². The minimum Gasteiger partial charge on any atom is -0.322 e. The van der Waals surface area contributed by atoms with Crippen molar-refractivity contribution in [3.05, 3.63) is 63.4 Å². The lowest BCUT2D eigenvalue weighted by Crippen LogP contribution is -2.31. The maximum absolute atomic E-state index is 12.6. The number of anilines is 1. The van der Waals surface area contributed by atoms with Crippen LogP contribution in [0.4, 0.5) is 5.69 Å². The molecule has 0 aliphatic heterocycles. The summed E-state index contributed by atoms with van der Waals surface area (Å²) in [5.74, 6) is 0.151. The van der Waals surface area contributed by atoms with Gasteiger partial charge in [0.15, 0.2) is 0 Å². The van der Waals surface area contributed by atoms with Crippen LogP contribution in [0.3, 0.4) is 0 Å². The minimum atomic E-state index is -0.284. The lowest BCUT2D eigenvalue weighted by molar-refractivity contribution is 0.102. The molecular weight excluding hydrogens is 405 g/mol. The van der Waals surface area contributed by atoms with Gasteiger partial charge in [0.25, 0.3) is 5.91 Å². The van der Waals surface area contributed by atoms with Crippen molar-refractivity contribution in [2.45, 2.75) is 44.9 Å². The number of benzene rings is 2. The van der Waals surface area contributed by atoms with Crippen LogP contribution in [0.2, 0.25) is 10.0 Å². The zero-order chi connectivity index (χ0) is 20.6. The second-order valence-electron chi connectivity index (χ2n) is 8.88. The van der Waals surface area contributed by atoms with Crippen LogP contribution in [0.1, 0.15) is 61.3 Å². The summed E-state index contributed by atoms with van der Waals surface area (Å²) in [6.07, 6.45) is 2.32. The van der Waals surface area contributed by atoms with Gasteiger partial charge in [-0.1, -0.05) is 44.0 Å². The highest BCUT2D eigenvalue weighted by atomic mass is 35.5. The van der Waals surface area contributed by atoms with Crippen molar-refractivity contribution >= 4 is 45.8 Å². The van der Waals surface area contributed by atoms with Gasteiger partial charge in [-0.25, -0.2) is 9.97 Å². The standard InChI is InChI=1S/C23H21Cl2N3O/c1-22(2)15-8-9-23(22,3)20-19(15)27-18-11-13(5-7-17(18)28-20)26-21(29)14-6-4-12(24)10-16(14)25/h4-7,10-11,15H,8-9H2,1-3H3,(H,26,29). The van der Waals surface area contributed by atoms with E-state index >= 15 is 0 Å². The number of fused-ring (bicyclic) bond motifs is 6. The smallest absolute Gasteiger partial charge is 0.257 e. The monoisotopic (exact) mass is 425 g/mol. The van der Waals surface area contributed by atoms with Crippen LogP contribution in [-0.4, -0.2) is 15.9 Å². The Kier molecular flexibility index (Phi) is 4.00. The third-order valence-corrected chi connectivity index (χ3v) is 7.75. The molecular formula is C23H21Cl2N3O. The molecule has 0 saturated heterocycles. The molecule has 2 bridgehead atoms. The van der Waals surface area contributed by atoms with Crippen LogP contribution in [-0.2, 0) is 5.41 Å². The number of hydrogen-bond donors (Lipinski definition) is 1. The molecule has 2 aliphatic rings. The fourth-order valence-electron chi connectivity index (χ4n) is 5.07. The first-order chi connectivity index (χ1) is 13.7. The van der Waals surface area contributed by atoms with Crippen LogP contribution in [0.5, 0.6) is 0 Å². The molecule has 4 nitrogen and oxygen atoms in total. The molecule has 0 spiro atoms. The minimum absolute atomic E-state index is 0.0758. The zero-order valence-electron chi connectivity index (χ0n) is 16.5. The van der Waals surface area contributed by atoms with E-state index in [4.69, 9.17) is 33.2 Å². The number of aromatic nitrogens is 2. The first-order valence-electron chi connectivity index (χ1n) is 9.79. The molecule has 2 atom stereocenters. The second kappa shape index (κ2) is 6.16. The van der Waals surface area contributed by atoms with E-state index in [2.05, 4.69) is 26.1 Å². The molecule has 1 N–H and O–H groups in total. The van der Waals surface area contributed by atoms with Gasteiger partial charge >= 0.3 is 0 Å². The molecule has 1 fully saturated rings. The SMILES string of the molecule is CC12CCC(c3nc4cc(NC(=O)c5ccc(Cl)cc5Cl)ccc4nc31)C2(C)C. The maximum Gasteiger partial charge on any atom is 0.257 e. The Balaban J connectivity index is 1.51. The van der Waals surface area contributed by atoms with Gasteiger partial charge in [0.05, 0.1) is 33.0 Å². The summed E-state index contributed by atoms with van der Waals surface area (Å²) in [5.41, 5.74) is 5.21. The van der Waals surface area contributed by atoms with Gasteiger partial charge in [0.1, 0.15) is 0 Å². The van der Waals surface area contributed by atoms with Crippen molar-refractivity contribution in [2.24, 2.45) is 5.41 Å². The van der Waals surface area contributed by atoms with Crippen molar-refractivity contribution in [1.29, 1.82) is 0 Å². The number of carbonyl (C=O) groups excluding carboxylic acids is 1. The van der Waals surface area contributed by atoms with E-state index in [9.17, 15) is 4.79 Å². The fourth-order valence-corrected chi connectivity index (χ4v) is 5.56. The quantitative estimate of drug-likeness (QED) is 0.519. The number of hydrogen-bond acceptors (Lipinski definition) is 3. The second-order valence-corrected chi connectivity index (χ2v) is 9.73. The highest BCUT2D eigenvalue weighted by molar-refractivity contribution is 6.37. The predicted molar refractivity (Wildman–Crippen MR) is 117 cm³/mol. The van der Waals surface area contributed by atoms with Gasteiger partial charge in [-0.05, 0) is 54.7 Å². The van der Waals surface area contributed by atoms with Crippen LogP contribution < -0.4 is 5.32 Å². The summed E-state index contributed by atoms with van der Waals surface area (Å²) in [6.45, 7) is 6.99. The molecule has 1 heterocycles. The summed E-state index contributed by atoms with van der Waals surface area (Å²) in [7, 11) is 0. The summed E-state index contributed by atoms with van der Waals surface area (Å²) >= 11 is 12.1. The molecule has 6 heteroatoms. The van der Waals surface area contributed by atoms with E-state index in [1.54, 1.807) is 18.2 Å². The number of rotatable bonds is 2. The average molecular weight is 426 g/mol. The van der Waals surface area contributed by atoms with Crippen molar-refractivity contribution in [1.82, 2.24) is 9.97 Å². The number of amides is 1. The van der Waals surface area contributed by atoms with E-state index in [1.807, 2.05) is 18.2 Å². The van der Waals surface area contributed by atoms with Gasteiger partial charge in [-0.2, -0.15) is 0 Å². The average Bonchev–Trinajstić information content (AvgIpc) is 2.98. The first-order valence-corrected chi connectivity index (χ1v) is 10.5. The van der Waals surface area contributed by atoms with Crippen LogP contribution >= 0.6 is 23.2 Å². The third-order valence-electron chi connectivity index (χ3n) is 7.20. The summed E-state index contributed by atoms with van der Waals surface area (Å²) < 4.78 is 0. The molecule has 29 heavy (non-hydrogen) atoms. The van der Waals surface area contributed by atoms with Crippen molar-refractivity contribution in [3.63, 3.8) is 0 Å². The number of nitrogens with one attached hydrogen (secondary N) is 1. The van der Waals surface area contributed by atoms with Crippen molar-refractivity contribution in [2.75, 3.05) is 5.32 Å². The van der Waals surface area contributed by atoms with Crippen molar-refractivity contribution in [3.8, 4) is 0 Å². The Hall–Kier alpha value is -2.17. The molecule has 2 aromatic carbocycles. The zero-order valence-corrected chi connectivity index (χ0v) is 18.0. The van der Waals surface area contributed by atoms with Gasteiger partial charge in [-0.15, -0.1) is 0 Å². The van der Waals surface area contributed by atoms with E-state index < -0.39 is 0 Å². The van der Waals surface area contributed by atoms with Gasteiger partial charge in [-0.3, -0.25) is 4.79 Å². The molecule has 1 saturated carbocycles. The third kappa shape index (κ3) is 2.62. The van der Waals surface area contributed by atoms with Gasteiger partial charge in [0, 0.05) is 22.0 Å². The van der Waals surface area contributed by atoms with Gasteiger partial charge in [0.2, 0.25) is 0 Å². The predicted octanol–water partition coefficient (Wildman–Crippen LogP) is 6.36. The Morgan fingerprint density at radius 2 is 1.86 bits per heavy atom. The lowest BCUT2D eigenvalue weighted by Gasteiger charge is -2.34. The van der Waals surface area contributed by atoms with E-state index in [0.717, 1.165) is 35.3 Å². The normalized spacial score (nSPS) is 24.0. The number of nitrogens with zero attached hydrogens (tertiary/aromatic N) is 2. The van der Waals surface area contributed by atoms with Crippen molar-refractivity contribution < 1.29 is 4.79 Å². The fraction of sp³-hybridized carbons (Fsp3) is 0.348. The van der Waals surface area contributed by atoms with Gasteiger partial charge < -0.3 is 5.32 Å². The Bertz CT molecular complexity index is 1190. The molecule has 0 radical (unpaired) electrons. The number of carbonyl (C=O) groups is 1. The first kappa shape index (κ1) is 18.8. The molecule has 3 aromatic rings. The lowest BCUT2D eigenvalue weighted by atomic mass is 9.70. The Morgan fingerprint density at radius 1 is 1.07 bits per heavy atom. The molecule has 1 amide bonds. The number of halogens is 2.